The minimum atomic E-state index is -1.66. The Kier molecular flexibility index (Phi) is 6.40. The lowest BCUT2D eigenvalue weighted by molar-refractivity contribution is -0.0999. The van der Waals surface area contributed by atoms with Gasteiger partial charge in [-0.25, -0.2) is 0 Å². The molecule has 106 valence electrons. The minimum absolute atomic E-state index is 0.691. The van der Waals surface area contributed by atoms with Gasteiger partial charge in [-0.05, 0) is 12.1 Å². The largest absolute Gasteiger partial charge is 0.394 e. The van der Waals surface area contributed by atoms with Gasteiger partial charge in [0.25, 0.3) is 0 Å². The summed E-state index contributed by atoms with van der Waals surface area (Å²) >= 11 is 0. The van der Waals surface area contributed by atoms with E-state index in [4.69, 9.17) is 10.2 Å². The molecule has 1 aromatic rings. The number of nitrogens with zero attached hydrogens (tertiary/aromatic N) is 1. The number of hydrazone groups is 1. The molecule has 0 unspecified atom stereocenters. The predicted molar refractivity (Wildman–Crippen MR) is 69.7 cm³/mol. The van der Waals surface area contributed by atoms with Gasteiger partial charge in [0, 0.05) is 0 Å². The van der Waals surface area contributed by atoms with E-state index in [1.165, 1.54) is 0 Å². The highest BCUT2D eigenvalue weighted by Gasteiger charge is 2.29. The van der Waals surface area contributed by atoms with Crippen LogP contribution in [0.15, 0.2) is 35.4 Å². The molecule has 19 heavy (non-hydrogen) atoms. The number of aliphatic hydroxyl groups excluding tert-OH is 5. The van der Waals surface area contributed by atoms with E-state index in [1.54, 1.807) is 24.3 Å². The maximum absolute atomic E-state index is 9.52. The Bertz CT molecular complexity index is 387. The summed E-state index contributed by atoms with van der Waals surface area (Å²) in [6, 6.07) is 8.93. The van der Waals surface area contributed by atoms with Crippen LogP contribution in [-0.2, 0) is 0 Å². The van der Waals surface area contributed by atoms with Crippen molar-refractivity contribution in [2.24, 2.45) is 5.10 Å². The van der Waals surface area contributed by atoms with Crippen LogP contribution in [0.2, 0.25) is 0 Å². The lowest BCUT2D eigenvalue weighted by Crippen LogP contribution is -2.46. The first kappa shape index (κ1) is 15.5. The van der Waals surface area contributed by atoms with Crippen LogP contribution in [0.4, 0.5) is 5.69 Å². The van der Waals surface area contributed by atoms with Crippen molar-refractivity contribution < 1.29 is 25.5 Å². The van der Waals surface area contributed by atoms with Gasteiger partial charge in [0.2, 0.25) is 0 Å². The number of anilines is 1. The van der Waals surface area contributed by atoms with Gasteiger partial charge < -0.3 is 25.5 Å². The SMILES string of the molecule is OC[C@@H](O)[C@H](O)[C@H](O)[C@@H](O)C=NNc1ccccc1. The van der Waals surface area contributed by atoms with Gasteiger partial charge in [0.05, 0.1) is 18.5 Å². The van der Waals surface area contributed by atoms with Gasteiger partial charge in [0.15, 0.2) is 0 Å². The first-order chi connectivity index (χ1) is 9.06. The molecule has 1 rings (SSSR count). The quantitative estimate of drug-likeness (QED) is 0.265. The number of hydrogen-bond acceptors (Lipinski definition) is 7. The highest BCUT2D eigenvalue weighted by atomic mass is 16.4. The third-order valence-corrected chi connectivity index (χ3v) is 2.48. The topological polar surface area (TPSA) is 126 Å². The zero-order valence-electron chi connectivity index (χ0n) is 10.2. The molecule has 0 fully saturated rings. The molecule has 0 radical (unpaired) electrons. The fraction of sp³-hybridized carbons (Fsp3) is 0.417. The number of nitrogens with one attached hydrogen (secondary N) is 1. The number of hydrogen-bond donors (Lipinski definition) is 6. The van der Waals surface area contributed by atoms with Crippen LogP contribution in [0.3, 0.4) is 0 Å². The van der Waals surface area contributed by atoms with Crippen molar-refractivity contribution in [2.75, 3.05) is 12.0 Å². The van der Waals surface area contributed by atoms with Crippen LogP contribution >= 0.6 is 0 Å². The molecule has 0 heterocycles. The van der Waals surface area contributed by atoms with Gasteiger partial charge in [-0.2, -0.15) is 5.10 Å². The Morgan fingerprint density at radius 2 is 1.68 bits per heavy atom. The monoisotopic (exact) mass is 270 g/mol. The molecule has 0 saturated carbocycles. The molecule has 0 aliphatic carbocycles. The van der Waals surface area contributed by atoms with Crippen LogP contribution < -0.4 is 5.43 Å². The zero-order valence-corrected chi connectivity index (χ0v) is 10.2. The predicted octanol–water partition coefficient (Wildman–Crippen LogP) is -1.48. The van der Waals surface area contributed by atoms with Crippen LogP contribution in [0.25, 0.3) is 0 Å². The molecule has 0 saturated heterocycles. The maximum atomic E-state index is 9.52. The highest BCUT2D eigenvalue weighted by molar-refractivity contribution is 5.65. The summed E-state index contributed by atoms with van der Waals surface area (Å²) in [6.45, 7) is -0.718. The Labute approximate surface area is 110 Å². The maximum Gasteiger partial charge on any atom is 0.119 e. The van der Waals surface area contributed by atoms with Crippen LogP contribution in [0.5, 0.6) is 0 Å². The Morgan fingerprint density at radius 3 is 2.26 bits per heavy atom. The molecule has 0 spiro atoms. The summed E-state index contributed by atoms with van der Waals surface area (Å²) in [4.78, 5) is 0. The smallest absolute Gasteiger partial charge is 0.119 e. The van der Waals surface area contributed by atoms with Gasteiger partial charge >= 0.3 is 0 Å². The summed E-state index contributed by atoms with van der Waals surface area (Å²) in [5, 5.41) is 49.8. The number of benzene rings is 1. The lowest BCUT2D eigenvalue weighted by Gasteiger charge is -2.23. The van der Waals surface area contributed by atoms with E-state index in [1.807, 2.05) is 6.07 Å². The van der Waals surface area contributed by atoms with Crippen molar-refractivity contribution in [1.82, 2.24) is 0 Å². The molecule has 7 heteroatoms. The molecular formula is C12H18N2O5. The zero-order chi connectivity index (χ0) is 14.3. The van der Waals surface area contributed by atoms with E-state index in [-0.39, 0.29) is 0 Å². The van der Waals surface area contributed by atoms with Crippen LogP contribution in [0.1, 0.15) is 0 Å². The molecule has 1 aromatic carbocycles. The summed E-state index contributed by atoms with van der Waals surface area (Å²) in [5.41, 5.74) is 3.31. The van der Waals surface area contributed by atoms with Crippen molar-refractivity contribution in [3.8, 4) is 0 Å². The molecule has 0 bridgehead atoms. The Morgan fingerprint density at radius 1 is 1.05 bits per heavy atom. The second-order valence-corrected chi connectivity index (χ2v) is 3.98. The Balaban J connectivity index is 2.47. The second kappa shape index (κ2) is 7.82. The lowest BCUT2D eigenvalue weighted by atomic mass is 10.0. The second-order valence-electron chi connectivity index (χ2n) is 3.98. The molecular weight excluding hydrogens is 252 g/mol. The van der Waals surface area contributed by atoms with E-state index in [2.05, 4.69) is 10.5 Å². The normalized spacial score (nSPS) is 17.9. The number of aliphatic hydroxyl groups is 5. The fourth-order valence-electron chi connectivity index (χ4n) is 1.33. The van der Waals surface area contributed by atoms with E-state index in [0.29, 0.717) is 5.69 Å². The first-order valence-corrected chi connectivity index (χ1v) is 5.73. The highest BCUT2D eigenvalue weighted by Crippen LogP contribution is 2.06. The summed E-state index contributed by atoms with van der Waals surface area (Å²) in [6.07, 6.45) is -5.33. The van der Waals surface area contributed by atoms with Crippen molar-refractivity contribution in [3.05, 3.63) is 30.3 Å². The third kappa shape index (κ3) is 4.93. The third-order valence-electron chi connectivity index (χ3n) is 2.48. The molecule has 4 atom stereocenters. The van der Waals surface area contributed by atoms with E-state index in [0.717, 1.165) is 6.21 Å². The number of rotatable bonds is 7. The van der Waals surface area contributed by atoms with E-state index in [9.17, 15) is 15.3 Å². The molecule has 0 aliphatic rings. The van der Waals surface area contributed by atoms with Crippen molar-refractivity contribution in [1.29, 1.82) is 0 Å². The van der Waals surface area contributed by atoms with E-state index < -0.39 is 31.0 Å². The van der Waals surface area contributed by atoms with Crippen molar-refractivity contribution >= 4 is 11.9 Å². The molecule has 6 N–H and O–H groups in total. The Hall–Kier alpha value is -1.51. The van der Waals surface area contributed by atoms with Crippen LogP contribution in [-0.4, -0.2) is 62.8 Å². The first-order valence-electron chi connectivity index (χ1n) is 5.73. The van der Waals surface area contributed by atoms with E-state index >= 15 is 0 Å². The minimum Gasteiger partial charge on any atom is -0.394 e. The van der Waals surface area contributed by atoms with Crippen LogP contribution in [0, 0.1) is 0 Å². The average Bonchev–Trinajstić information content (AvgIpc) is 2.45. The molecule has 7 nitrogen and oxygen atoms in total. The summed E-state index contributed by atoms with van der Waals surface area (Å²) in [5.74, 6) is 0. The average molecular weight is 270 g/mol. The number of para-hydroxylation sites is 1. The summed E-state index contributed by atoms with van der Waals surface area (Å²) in [7, 11) is 0. The van der Waals surface area contributed by atoms with Gasteiger partial charge in [-0.15, -0.1) is 0 Å². The molecule has 0 amide bonds. The standard InChI is InChI=1S/C12H18N2O5/c15-7-10(17)12(19)11(18)9(16)6-13-14-8-4-2-1-3-5-8/h1-6,9-12,14-19H,7H2/t9-,10+,11+,12-/m0/s1. The molecule has 0 aliphatic heterocycles. The summed E-state index contributed by atoms with van der Waals surface area (Å²) < 4.78 is 0. The van der Waals surface area contributed by atoms with Crippen molar-refractivity contribution in [3.63, 3.8) is 0 Å². The van der Waals surface area contributed by atoms with Crippen molar-refractivity contribution in [2.45, 2.75) is 24.4 Å². The fourth-order valence-corrected chi connectivity index (χ4v) is 1.33. The van der Waals surface area contributed by atoms with Gasteiger partial charge in [-0.1, -0.05) is 18.2 Å². The van der Waals surface area contributed by atoms with Gasteiger partial charge in [0.1, 0.15) is 24.4 Å². The molecule has 0 aromatic heterocycles. The van der Waals surface area contributed by atoms with Gasteiger partial charge in [-0.3, -0.25) is 5.43 Å².